The summed E-state index contributed by atoms with van der Waals surface area (Å²) >= 11 is 0. The van der Waals surface area contributed by atoms with Crippen LogP contribution in [0.5, 0.6) is 0 Å². The molecule has 4 heteroatoms. The minimum atomic E-state index is -0.0669. The van der Waals surface area contributed by atoms with Gasteiger partial charge < -0.3 is 15.7 Å². The van der Waals surface area contributed by atoms with Gasteiger partial charge in [0.15, 0.2) is 0 Å². The van der Waals surface area contributed by atoms with Gasteiger partial charge in [-0.3, -0.25) is 4.79 Å². The molecule has 1 aliphatic heterocycles. The number of hydrogen-bond donors (Lipinski definition) is 3. The fourth-order valence-corrected chi connectivity index (χ4v) is 2.65. The molecule has 1 amide bonds. The third-order valence-electron chi connectivity index (χ3n) is 3.89. The topological polar surface area (TPSA) is 61.4 Å². The number of carbonyl (C=O) groups is 1. The number of carbonyl (C=O) groups excluding carboxylic acids is 1. The Morgan fingerprint density at radius 1 is 1.47 bits per heavy atom. The lowest BCUT2D eigenvalue weighted by atomic mass is 9.89. The van der Waals surface area contributed by atoms with Gasteiger partial charge in [-0.2, -0.15) is 0 Å². The van der Waals surface area contributed by atoms with Crippen molar-refractivity contribution in [1.82, 2.24) is 10.6 Å². The summed E-state index contributed by atoms with van der Waals surface area (Å²) in [6, 6.07) is 7.56. The summed E-state index contributed by atoms with van der Waals surface area (Å²) in [6.45, 7) is 5.24. The van der Waals surface area contributed by atoms with Crippen molar-refractivity contribution in [2.24, 2.45) is 5.92 Å². The SMILES string of the molecule is C[C@@H]1CCN[C@H](C)[C@H]1NC(=O)c1cccc(CO)c1. The van der Waals surface area contributed by atoms with Crippen LogP contribution in [0, 0.1) is 5.92 Å². The Hall–Kier alpha value is -1.39. The molecular weight excluding hydrogens is 240 g/mol. The van der Waals surface area contributed by atoms with E-state index in [4.69, 9.17) is 5.11 Å². The molecule has 0 radical (unpaired) electrons. The zero-order chi connectivity index (χ0) is 13.8. The number of rotatable bonds is 3. The summed E-state index contributed by atoms with van der Waals surface area (Å²) in [4.78, 5) is 12.3. The molecule has 4 nitrogen and oxygen atoms in total. The molecule has 0 unspecified atom stereocenters. The Morgan fingerprint density at radius 3 is 2.95 bits per heavy atom. The van der Waals surface area contributed by atoms with Crippen molar-refractivity contribution >= 4 is 5.91 Å². The van der Waals surface area contributed by atoms with Crippen LogP contribution in [0.2, 0.25) is 0 Å². The second kappa shape index (κ2) is 6.17. The van der Waals surface area contributed by atoms with Crippen LogP contribution < -0.4 is 10.6 Å². The van der Waals surface area contributed by atoms with Crippen molar-refractivity contribution in [1.29, 1.82) is 0 Å². The van der Waals surface area contributed by atoms with Gasteiger partial charge in [0.2, 0.25) is 0 Å². The molecule has 1 aromatic carbocycles. The van der Waals surface area contributed by atoms with E-state index in [2.05, 4.69) is 24.5 Å². The van der Waals surface area contributed by atoms with E-state index < -0.39 is 0 Å². The van der Waals surface area contributed by atoms with Gasteiger partial charge in [0.1, 0.15) is 0 Å². The molecule has 104 valence electrons. The lowest BCUT2D eigenvalue weighted by Gasteiger charge is -2.36. The molecule has 0 bridgehead atoms. The first-order valence-corrected chi connectivity index (χ1v) is 6.86. The molecule has 0 aliphatic carbocycles. The van der Waals surface area contributed by atoms with E-state index in [0.29, 0.717) is 11.5 Å². The zero-order valence-corrected chi connectivity index (χ0v) is 11.5. The molecule has 1 saturated heterocycles. The first kappa shape index (κ1) is 14.0. The van der Waals surface area contributed by atoms with Gasteiger partial charge in [-0.25, -0.2) is 0 Å². The minimum Gasteiger partial charge on any atom is -0.392 e. The van der Waals surface area contributed by atoms with Crippen molar-refractivity contribution in [2.45, 2.75) is 39.0 Å². The predicted octanol–water partition coefficient (Wildman–Crippen LogP) is 1.30. The first-order valence-electron chi connectivity index (χ1n) is 6.86. The highest BCUT2D eigenvalue weighted by atomic mass is 16.3. The average molecular weight is 262 g/mol. The minimum absolute atomic E-state index is 0.0427. The normalized spacial score (nSPS) is 27.0. The Morgan fingerprint density at radius 2 is 2.26 bits per heavy atom. The Bertz CT molecular complexity index is 438. The predicted molar refractivity (Wildman–Crippen MR) is 74.9 cm³/mol. The van der Waals surface area contributed by atoms with Crippen LogP contribution in [0.25, 0.3) is 0 Å². The first-order chi connectivity index (χ1) is 9.11. The molecule has 1 heterocycles. The van der Waals surface area contributed by atoms with E-state index in [9.17, 15) is 4.79 Å². The Balaban J connectivity index is 2.07. The van der Waals surface area contributed by atoms with E-state index in [1.165, 1.54) is 0 Å². The van der Waals surface area contributed by atoms with E-state index >= 15 is 0 Å². The van der Waals surface area contributed by atoms with Crippen LogP contribution >= 0.6 is 0 Å². The highest BCUT2D eigenvalue weighted by molar-refractivity contribution is 5.94. The molecule has 1 aromatic rings. The standard InChI is InChI=1S/C15H22N2O2/c1-10-6-7-16-11(2)14(10)17-15(19)13-5-3-4-12(8-13)9-18/h3-5,8,10-11,14,16,18H,6-7,9H2,1-2H3,(H,17,19)/t10-,11-,14+/m1/s1. The number of piperidine rings is 1. The summed E-state index contributed by atoms with van der Waals surface area (Å²) in [7, 11) is 0. The largest absolute Gasteiger partial charge is 0.392 e. The van der Waals surface area contributed by atoms with Crippen LogP contribution in [0.15, 0.2) is 24.3 Å². The maximum absolute atomic E-state index is 12.3. The van der Waals surface area contributed by atoms with Gasteiger partial charge >= 0.3 is 0 Å². The summed E-state index contributed by atoms with van der Waals surface area (Å²) in [5, 5.41) is 15.6. The van der Waals surface area contributed by atoms with Crippen LogP contribution in [0.3, 0.4) is 0 Å². The Kier molecular flexibility index (Phi) is 4.56. The number of amides is 1. The van der Waals surface area contributed by atoms with Crippen molar-refractivity contribution in [3.05, 3.63) is 35.4 Å². The van der Waals surface area contributed by atoms with Crippen molar-refractivity contribution < 1.29 is 9.90 Å². The van der Waals surface area contributed by atoms with E-state index in [-0.39, 0.29) is 24.6 Å². The molecule has 3 atom stereocenters. The molecule has 3 N–H and O–H groups in total. The zero-order valence-electron chi connectivity index (χ0n) is 11.5. The molecule has 2 rings (SSSR count). The number of hydrogen-bond acceptors (Lipinski definition) is 3. The number of benzene rings is 1. The lowest BCUT2D eigenvalue weighted by molar-refractivity contribution is 0.0897. The molecule has 0 saturated carbocycles. The molecule has 1 aliphatic rings. The Labute approximate surface area is 114 Å². The van der Waals surface area contributed by atoms with Gasteiger partial charge in [0.05, 0.1) is 6.61 Å². The molecular formula is C15H22N2O2. The van der Waals surface area contributed by atoms with Crippen LogP contribution in [-0.4, -0.2) is 29.6 Å². The third-order valence-corrected chi connectivity index (χ3v) is 3.89. The van der Waals surface area contributed by atoms with Crippen LogP contribution in [-0.2, 0) is 6.61 Å². The lowest BCUT2D eigenvalue weighted by Crippen LogP contribution is -2.55. The second-order valence-electron chi connectivity index (χ2n) is 5.37. The number of aliphatic hydroxyl groups excluding tert-OH is 1. The monoisotopic (exact) mass is 262 g/mol. The average Bonchev–Trinajstić information content (AvgIpc) is 2.43. The summed E-state index contributed by atoms with van der Waals surface area (Å²) in [5.41, 5.74) is 1.37. The van der Waals surface area contributed by atoms with Crippen molar-refractivity contribution in [2.75, 3.05) is 6.54 Å². The van der Waals surface area contributed by atoms with Gasteiger partial charge in [-0.15, -0.1) is 0 Å². The number of aliphatic hydroxyl groups is 1. The number of nitrogens with one attached hydrogen (secondary N) is 2. The van der Waals surface area contributed by atoms with Crippen molar-refractivity contribution in [3.8, 4) is 0 Å². The highest BCUT2D eigenvalue weighted by Crippen LogP contribution is 2.17. The summed E-state index contributed by atoms with van der Waals surface area (Å²) in [5.74, 6) is 0.406. The summed E-state index contributed by atoms with van der Waals surface area (Å²) in [6.07, 6.45) is 1.08. The fraction of sp³-hybridized carbons (Fsp3) is 0.533. The van der Waals surface area contributed by atoms with E-state index in [0.717, 1.165) is 18.5 Å². The smallest absolute Gasteiger partial charge is 0.251 e. The third kappa shape index (κ3) is 3.33. The van der Waals surface area contributed by atoms with E-state index in [1.807, 2.05) is 6.07 Å². The quantitative estimate of drug-likeness (QED) is 0.769. The summed E-state index contributed by atoms with van der Waals surface area (Å²) < 4.78 is 0. The van der Waals surface area contributed by atoms with Gasteiger partial charge in [-0.05, 0) is 43.5 Å². The van der Waals surface area contributed by atoms with Crippen LogP contribution in [0.1, 0.15) is 36.2 Å². The maximum atomic E-state index is 12.3. The fourth-order valence-electron chi connectivity index (χ4n) is 2.65. The molecule has 19 heavy (non-hydrogen) atoms. The van der Waals surface area contributed by atoms with Gasteiger partial charge in [-0.1, -0.05) is 19.1 Å². The van der Waals surface area contributed by atoms with E-state index in [1.54, 1.807) is 18.2 Å². The van der Waals surface area contributed by atoms with Gasteiger partial charge in [0, 0.05) is 17.6 Å². The highest BCUT2D eigenvalue weighted by Gasteiger charge is 2.28. The van der Waals surface area contributed by atoms with Crippen molar-refractivity contribution in [3.63, 3.8) is 0 Å². The molecule has 0 spiro atoms. The van der Waals surface area contributed by atoms with Gasteiger partial charge in [0.25, 0.3) is 5.91 Å². The maximum Gasteiger partial charge on any atom is 0.251 e. The molecule has 1 fully saturated rings. The second-order valence-corrected chi connectivity index (χ2v) is 5.37. The van der Waals surface area contributed by atoms with Crippen LogP contribution in [0.4, 0.5) is 0 Å². The molecule has 0 aromatic heterocycles.